The van der Waals surface area contributed by atoms with E-state index in [0.29, 0.717) is 19.8 Å². The highest BCUT2D eigenvalue weighted by molar-refractivity contribution is 5.59. The van der Waals surface area contributed by atoms with Crippen LogP contribution in [0.25, 0.3) is 0 Å². The first-order valence-corrected chi connectivity index (χ1v) is 6.41. The number of nitrogen functional groups attached to an aromatic ring is 1. The molecule has 0 aliphatic rings. The van der Waals surface area contributed by atoms with Crippen molar-refractivity contribution >= 4 is 11.4 Å². The van der Waals surface area contributed by atoms with Gasteiger partial charge in [0.2, 0.25) is 0 Å². The second-order valence-electron chi connectivity index (χ2n) is 4.22. The number of likely N-dealkylation sites (N-methyl/N-ethyl adjacent to an activating group) is 1. The first kappa shape index (κ1) is 15.4. The molecule has 0 aliphatic heterocycles. The van der Waals surface area contributed by atoms with E-state index in [1.54, 1.807) is 12.1 Å². The molecule has 0 saturated heterocycles. The van der Waals surface area contributed by atoms with E-state index in [4.69, 9.17) is 10.5 Å². The van der Waals surface area contributed by atoms with Crippen molar-refractivity contribution in [1.82, 2.24) is 4.90 Å². The molecule has 0 spiro atoms. The van der Waals surface area contributed by atoms with E-state index in [9.17, 15) is 10.1 Å². The van der Waals surface area contributed by atoms with Crippen LogP contribution in [-0.2, 0) is 11.3 Å². The Bertz CT molecular complexity index is 424. The normalized spacial score (nSPS) is 10.9. The van der Waals surface area contributed by atoms with Gasteiger partial charge in [0.15, 0.2) is 0 Å². The predicted octanol–water partition coefficient (Wildman–Crippen LogP) is 2.04. The van der Waals surface area contributed by atoms with Gasteiger partial charge < -0.3 is 10.5 Å². The van der Waals surface area contributed by atoms with Crippen molar-refractivity contribution in [2.75, 3.05) is 32.0 Å². The number of anilines is 1. The molecule has 0 saturated carbocycles. The van der Waals surface area contributed by atoms with Crippen LogP contribution in [0.15, 0.2) is 18.2 Å². The Balaban J connectivity index is 2.64. The van der Waals surface area contributed by atoms with E-state index >= 15 is 0 Å². The van der Waals surface area contributed by atoms with Gasteiger partial charge in [-0.2, -0.15) is 0 Å². The van der Waals surface area contributed by atoms with Gasteiger partial charge in [0.05, 0.1) is 11.5 Å². The van der Waals surface area contributed by atoms with Gasteiger partial charge in [0.25, 0.3) is 5.69 Å². The molecule has 0 bridgehead atoms. The Labute approximate surface area is 113 Å². The first-order chi connectivity index (χ1) is 9.08. The largest absolute Gasteiger partial charge is 0.393 e. The third-order valence-corrected chi connectivity index (χ3v) is 2.90. The number of ether oxygens (including phenoxy) is 1. The summed E-state index contributed by atoms with van der Waals surface area (Å²) >= 11 is 0. The molecular formula is C13H21N3O3. The van der Waals surface area contributed by atoms with Crippen molar-refractivity contribution in [3.05, 3.63) is 33.9 Å². The van der Waals surface area contributed by atoms with Gasteiger partial charge in [-0.05, 0) is 25.1 Å². The zero-order valence-corrected chi connectivity index (χ0v) is 11.5. The Hall–Kier alpha value is -1.66. The lowest BCUT2D eigenvalue weighted by molar-refractivity contribution is -0.383. The van der Waals surface area contributed by atoms with Crippen molar-refractivity contribution in [2.24, 2.45) is 0 Å². The summed E-state index contributed by atoms with van der Waals surface area (Å²) in [5.41, 5.74) is 6.82. The SMILES string of the molecule is CCOCCN(CC)Cc1ccc([N+](=O)[O-])c(N)c1. The standard InChI is InChI=1S/C13H21N3O3/c1-3-15(7-8-19-4-2)10-11-5-6-13(16(17)18)12(14)9-11/h5-6,9H,3-4,7-8,10,14H2,1-2H3. The lowest BCUT2D eigenvalue weighted by Crippen LogP contribution is -2.27. The maximum Gasteiger partial charge on any atom is 0.292 e. The molecule has 0 unspecified atom stereocenters. The molecule has 0 aromatic heterocycles. The van der Waals surface area contributed by atoms with Crippen LogP contribution >= 0.6 is 0 Å². The lowest BCUT2D eigenvalue weighted by atomic mass is 10.1. The second kappa shape index (κ2) is 7.70. The monoisotopic (exact) mass is 267 g/mol. The summed E-state index contributed by atoms with van der Waals surface area (Å²) in [5, 5.41) is 10.7. The molecule has 0 fully saturated rings. The second-order valence-corrected chi connectivity index (χ2v) is 4.22. The number of benzene rings is 1. The van der Waals surface area contributed by atoms with E-state index in [-0.39, 0.29) is 11.4 Å². The number of nitro groups is 1. The molecular weight excluding hydrogens is 246 g/mol. The highest BCUT2D eigenvalue weighted by Gasteiger charge is 2.12. The zero-order valence-electron chi connectivity index (χ0n) is 11.5. The highest BCUT2D eigenvalue weighted by atomic mass is 16.6. The third kappa shape index (κ3) is 4.84. The minimum atomic E-state index is -0.466. The Morgan fingerprint density at radius 3 is 2.68 bits per heavy atom. The summed E-state index contributed by atoms with van der Waals surface area (Å²) in [7, 11) is 0. The minimum absolute atomic E-state index is 0.0406. The van der Waals surface area contributed by atoms with Crippen molar-refractivity contribution in [3.8, 4) is 0 Å². The van der Waals surface area contributed by atoms with E-state index in [0.717, 1.165) is 18.7 Å². The Morgan fingerprint density at radius 1 is 1.42 bits per heavy atom. The van der Waals surface area contributed by atoms with Crippen LogP contribution in [0.3, 0.4) is 0 Å². The summed E-state index contributed by atoms with van der Waals surface area (Å²) in [6.07, 6.45) is 0. The molecule has 1 aromatic rings. The van der Waals surface area contributed by atoms with Crippen LogP contribution in [0.1, 0.15) is 19.4 Å². The van der Waals surface area contributed by atoms with Gasteiger partial charge >= 0.3 is 0 Å². The van der Waals surface area contributed by atoms with Crippen molar-refractivity contribution in [3.63, 3.8) is 0 Å². The van der Waals surface area contributed by atoms with Crippen LogP contribution in [0.4, 0.5) is 11.4 Å². The molecule has 106 valence electrons. The summed E-state index contributed by atoms with van der Waals surface area (Å²) in [5.74, 6) is 0. The Morgan fingerprint density at radius 2 is 2.16 bits per heavy atom. The van der Waals surface area contributed by atoms with E-state index in [2.05, 4.69) is 11.8 Å². The number of rotatable bonds is 8. The van der Waals surface area contributed by atoms with Crippen LogP contribution in [0.2, 0.25) is 0 Å². The molecule has 0 aliphatic carbocycles. The minimum Gasteiger partial charge on any atom is -0.393 e. The van der Waals surface area contributed by atoms with Gasteiger partial charge in [-0.25, -0.2) is 0 Å². The fraction of sp³-hybridized carbons (Fsp3) is 0.538. The van der Waals surface area contributed by atoms with Crippen molar-refractivity contribution in [1.29, 1.82) is 0 Å². The van der Waals surface area contributed by atoms with Crippen molar-refractivity contribution in [2.45, 2.75) is 20.4 Å². The average Bonchev–Trinajstić information content (AvgIpc) is 2.37. The first-order valence-electron chi connectivity index (χ1n) is 6.41. The number of nitro benzene ring substituents is 1. The highest BCUT2D eigenvalue weighted by Crippen LogP contribution is 2.22. The molecule has 6 heteroatoms. The predicted molar refractivity (Wildman–Crippen MR) is 75.0 cm³/mol. The molecule has 1 rings (SSSR count). The fourth-order valence-electron chi connectivity index (χ4n) is 1.81. The van der Waals surface area contributed by atoms with Crippen LogP contribution < -0.4 is 5.73 Å². The third-order valence-electron chi connectivity index (χ3n) is 2.90. The van der Waals surface area contributed by atoms with E-state index in [1.165, 1.54) is 6.07 Å². The van der Waals surface area contributed by atoms with Crippen LogP contribution in [-0.4, -0.2) is 36.1 Å². The van der Waals surface area contributed by atoms with Gasteiger partial charge in [-0.3, -0.25) is 15.0 Å². The van der Waals surface area contributed by atoms with Crippen LogP contribution in [0.5, 0.6) is 0 Å². The van der Waals surface area contributed by atoms with Gasteiger partial charge in [0.1, 0.15) is 5.69 Å². The van der Waals surface area contributed by atoms with Gasteiger partial charge in [-0.1, -0.05) is 13.0 Å². The van der Waals surface area contributed by atoms with Gasteiger partial charge in [-0.15, -0.1) is 0 Å². The maximum atomic E-state index is 10.7. The van der Waals surface area contributed by atoms with Crippen molar-refractivity contribution < 1.29 is 9.66 Å². The number of nitrogens with zero attached hydrogens (tertiary/aromatic N) is 2. The summed E-state index contributed by atoms with van der Waals surface area (Å²) < 4.78 is 5.32. The quantitative estimate of drug-likeness (QED) is 0.337. The number of hydrogen-bond acceptors (Lipinski definition) is 5. The number of nitrogens with two attached hydrogens (primary N) is 1. The van der Waals surface area contributed by atoms with Crippen LogP contribution in [0, 0.1) is 10.1 Å². The fourth-order valence-corrected chi connectivity index (χ4v) is 1.81. The molecule has 0 radical (unpaired) electrons. The molecule has 19 heavy (non-hydrogen) atoms. The maximum absolute atomic E-state index is 10.7. The van der Waals surface area contributed by atoms with E-state index in [1.807, 2.05) is 6.92 Å². The molecule has 0 atom stereocenters. The Kier molecular flexibility index (Phi) is 6.24. The topological polar surface area (TPSA) is 81.6 Å². The summed E-state index contributed by atoms with van der Waals surface area (Å²) in [6.45, 7) is 7.87. The summed E-state index contributed by atoms with van der Waals surface area (Å²) in [4.78, 5) is 12.4. The zero-order chi connectivity index (χ0) is 14.3. The molecule has 6 nitrogen and oxygen atoms in total. The summed E-state index contributed by atoms with van der Waals surface area (Å²) in [6, 6.07) is 4.88. The molecule has 0 heterocycles. The smallest absolute Gasteiger partial charge is 0.292 e. The molecule has 2 N–H and O–H groups in total. The molecule has 0 amide bonds. The van der Waals surface area contributed by atoms with Gasteiger partial charge in [0, 0.05) is 25.8 Å². The van der Waals surface area contributed by atoms with E-state index < -0.39 is 4.92 Å². The average molecular weight is 267 g/mol. The number of hydrogen-bond donors (Lipinski definition) is 1. The molecule has 1 aromatic carbocycles. The lowest BCUT2D eigenvalue weighted by Gasteiger charge is -2.20.